The van der Waals surface area contributed by atoms with Crippen molar-refractivity contribution in [3.63, 3.8) is 0 Å². The molecule has 11 nitrogen and oxygen atoms in total. The number of aliphatic hydroxyl groups is 1. The van der Waals surface area contributed by atoms with Crippen molar-refractivity contribution in [2.75, 3.05) is 26.4 Å². The van der Waals surface area contributed by atoms with Crippen molar-refractivity contribution in [3.05, 3.63) is 170 Å². The Morgan fingerprint density at radius 2 is 0.743 bits per heavy atom. The minimum atomic E-state index is -4.81. The van der Waals surface area contributed by atoms with E-state index in [2.05, 4.69) is 148 Å². The van der Waals surface area contributed by atoms with E-state index in [1.165, 1.54) is 0 Å². The zero-order chi connectivity index (χ0) is 54.1. The smallest absolute Gasteiger partial charge is 0.462 e. The summed E-state index contributed by atoms with van der Waals surface area (Å²) in [6.07, 6.45) is 72.3. The number of carbonyl (C=O) groups excluding carboxylic acids is 3. The minimum absolute atomic E-state index is 0.0362. The van der Waals surface area contributed by atoms with E-state index in [4.69, 9.17) is 23.3 Å². The number of rotatable bonds is 47. The molecule has 2 N–H and O–H groups in total. The molecule has 74 heavy (non-hydrogen) atoms. The molecule has 3 unspecified atom stereocenters. The monoisotopic (exact) mass is 1040 g/mol. The van der Waals surface area contributed by atoms with Gasteiger partial charge in [0.1, 0.15) is 12.7 Å². The van der Waals surface area contributed by atoms with Gasteiger partial charge < -0.3 is 24.2 Å². The molecule has 0 saturated carbocycles. The molecule has 0 aromatic heterocycles. The Morgan fingerprint density at radius 1 is 0.392 bits per heavy atom. The van der Waals surface area contributed by atoms with Gasteiger partial charge in [-0.2, -0.15) is 0 Å². The molecule has 0 heterocycles. The Kier molecular flexibility index (Phi) is 50.3. The van der Waals surface area contributed by atoms with Crippen molar-refractivity contribution in [2.24, 2.45) is 0 Å². The van der Waals surface area contributed by atoms with Crippen LogP contribution < -0.4 is 0 Å². The molecule has 0 aliphatic heterocycles. The number of carbonyl (C=O) groups is 3. The number of esters is 3. The summed E-state index contributed by atoms with van der Waals surface area (Å²) in [6, 6.07) is 0. The first-order valence-corrected chi connectivity index (χ1v) is 28.5. The number of phosphoric acid groups is 1. The molecule has 0 spiro atoms. The zero-order valence-electron chi connectivity index (χ0n) is 45.2. The quantitative estimate of drug-likeness (QED) is 0.0197. The number of allylic oxidation sites excluding steroid dienone is 27. The van der Waals surface area contributed by atoms with Crippen LogP contribution in [0.15, 0.2) is 170 Å². The minimum Gasteiger partial charge on any atom is -0.462 e. The number of hydrogen-bond donors (Lipinski definition) is 2. The number of aliphatic hydroxyl groups excluding tert-OH is 1. The van der Waals surface area contributed by atoms with Crippen molar-refractivity contribution < 1.29 is 52.2 Å². The highest BCUT2D eigenvalue weighted by molar-refractivity contribution is 7.47. The first kappa shape index (κ1) is 68.8. The van der Waals surface area contributed by atoms with Gasteiger partial charge in [0.05, 0.1) is 26.2 Å². The van der Waals surface area contributed by atoms with E-state index in [0.717, 1.165) is 103 Å². The lowest BCUT2D eigenvalue weighted by molar-refractivity contribution is -0.160. The van der Waals surface area contributed by atoms with E-state index in [0.29, 0.717) is 19.3 Å². The molecule has 0 amide bonds. The average molecular weight is 1050 g/mol. The third-order valence-corrected chi connectivity index (χ3v) is 11.1. The van der Waals surface area contributed by atoms with Crippen LogP contribution in [0, 0.1) is 0 Å². The third-order valence-electron chi connectivity index (χ3n) is 10.2. The molecular weight excluding hydrogens is 952 g/mol. The normalized spacial score (nSPS) is 14.7. The van der Waals surface area contributed by atoms with E-state index in [1.54, 1.807) is 6.08 Å². The van der Waals surface area contributed by atoms with Gasteiger partial charge in [0.15, 0.2) is 6.10 Å². The average Bonchev–Trinajstić information content (AvgIpc) is 3.39. The third kappa shape index (κ3) is 51.7. The molecule has 0 rings (SSSR count). The molecule has 0 aliphatic rings. The number of ether oxygens (including phenoxy) is 3. The van der Waals surface area contributed by atoms with Gasteiger partial charge in [-0.1, -0.05) is 197 Å². The van der Waals surface area contributed by atoms with Crippen LogP contribution in [-0.4, -0.2) is 66.5 Å². The zero-order valence-corrected chi connectivity index (χ0v) is 46.1. The molecule has 12 heteroatoms. The highest BCUT2D eigenvalue weighted by Gasteiger charge is 2.28. The molecule has 0 fully saturated rings. The molecule has 0 bridgehead atoms. The van der Waals surface area contributed by atoms with Crippen LogP contribution >= 0.6 is 7.82 Å². The predicted octanol–water partition coefficient (Wildman–Crippen LogP) is 15.9. The number of phosphoric ester groups is 1. The topological polar surface area (TPSA) is 155 Å². The Morgan fingerprint density at radius 3 is 1.15 bits per heavy atom. The fourth-order valence-electron chi connectivity index (χ4n) is 6.17. The number of hydrogen-bond acceptors (Lipinski definition) is 10. The van der Waals surface area contributed by atoms with Gasteiger partial charge in [-0.25, -0.2) is 4.57 Å². The summed E-state index contributed by atoms with van der Waals surface area (Å²) >= 11 is 0. The summed E-state index contributed by atoms with van der Waals surface area (Å²) in [5.74, 6) is -1.77. The molecule has 0 aromatic rings. The summed E-state index contributed by atoms with van der Waals surface area (Å²) in [5, 5.41) is 9.77. The van der Waals surface area contributed by atoms with Crippen molar-refractivity contribution in [2.45, 2.75) is 174 Å². The highest BCUT2D eigenvalue weighted by atomic mass is 31.2. The molecular formula is C62H93O11P. The van der Waals surface area contributed by atoms with Crippen molar-refractivity contribution in [1.29, 1.82) is 0 Å². The lowest BCUT2D eigenvalue weighted by Crippen LogP contribution is -2.30. The Labute approximate surface area is 447 Å². The van der Waals surface area contributed by atoms with Gasteiger partial charge in [-0.3, -0.25) is 23.4 Å². The number of unbranched alkanes of at least 4 members (excludes halogenated alkanes) is 3. The van der Waals surface area contributed by atoms with Crippen molar-refractivity contribution in [3.8, 4) is 0 Å². The molecule has 0 aromatic carbocycles. The van der Waals surface area contributed by atoms with E-state index in [9.17, 15) is 28.9 Å². The lowest BCUT2D eigenvalue weighted by Gasteiger charge is -2.21. The Balaban J connectivity index is 4.99. The van der Waals surface area contributed by atoms with Gasteiger partial charge in [0.2, 0.25) is 0 Å². The fraction of sp³-hybridized carbons (Fsp3) is 0.500. The maximum atomic E-state index is 12.9. The largest absolute Gasteiger partial charge is 0.472 e. The summed E-state index contributed by atoms with van der Waals surface area (Å²) < 4.78 is 39.2. The van der Waals surface area contributed by atoms with Crippen LogP contribution in [0.1, 0.15) is 162 Å². The van der Waals surface area contributed by atoms with Gasteiger partial charge in [-0.15, -0.1) is 0 Å². The van der Waals surface area contributed by atoms with E-state index in [1.807, 2.05) is 36.5 Å². The molecule has 3 atom stereocenters. The van der Waals surface area contributed by atoms with Crippen LogP contribution in [0.2, 0.25) is 0 Å². The van der Waals surface area contributed by atoms with Crippen LogP contribution in [0.25, 0.3) is 0 Å². The molecule has 412 valence electrons. The summed E-state index contributed by atoms with van der Waals surface area (Å²) in [4.78, 5) is 48.3. The molecule has 0 aliphatic carbocycles. The van der Waals surface area contributed by atoms with Crippen LogP contribution in [0.5, 0.6) is 0 Å². The Hall–Kier alpha value is -5.16. The summed E-state index contributed by atoms with van der Waals surface area (Å²) in [5.41, 5.74) is 0. The van der Waals surface area contributed by atoms with Crippen LogP contribution in [-0.2, 0) is 42.2 Å². The first-order valence-electron chi connectivity index (χ1n) is 27.0. The van der Waals surface area contributed by atoms with Crippen molar-refractivity contribution >= 4 is 25.7 Å². The van der Waals surface area contributed by atoms with E-state index in [-0.39, 0.29) is 19.3 Å². The second-order valence-corrected chi connectivity index (χ2v) is 18.4. The van der Waals surface area contributed by atoms with Crippen molar-refractivity contribution in [1.82, 2.24) is 0 Å². The van der Waals surface area contributed by atoms with Gasteiger partial charge in [0.25, 0.3) is 0 Å². The summed E-state index contributed by atoms with van der Waals surface area (Å²) in [6.45, 7) is 4.01. The highest BCUT2D eigenvalue weighted by Crippen LogP contribution is 2.43. The molecule has 0 saturated heterocycles. The fourth-order valence-corrected chi connectivity index (χ4v) is 6.96. The standard InChI is InChI=1S/C62H93O11P/c1-4-7-10-13-16-19-22-25-27-28-29-30-32-34-36-39-42-45-48-51-60(64)69-55-59(73-62(66)53-50-47-44-41-38-35-31-26-23-20-17-14-11-8-5-2)57-71-74(67,68)70-56-58(54-63)72-61(65)52-49-46-43-40-37-33-24-21-18-15-12-9-6-3/h7-12,16-21,25-27,29-31,33-34,36-38,41,43,46-47,50,58-59,63H,4-6,13-15,22-24,28,32,35,39-40,42,44-45,48-49,51-57H2,1-3H3,(H,67,68)/b10-7-,11-8-,12-9-,19-16-,20-17-,21-18-,27-25-,30-29-,31-26-,36-34-,37-33-,41-38-,46-43-,50-47-. The van der Waals surface area contributed by atoms with E-state index >= 15 is 0 Å². The maximum Gasteiger partial charge on any atom is 0.472 e. The first-order chi connectivity index (χ1) is 36.2. The summed E-state index contributed by atoms with van der Waals surface area (Å²) in [7, 11) is -4.81. The maximum absolute atomic E-state index is 12.9. The second kappa shape index (κ2) is 54.1. The SMILES string of the molecule is CC/C=C\C/C=C\C/C=C\C/C=C\C/C=C\CCCCCC(=O)OCC(COP(=O)(O)OCC(CO)OC(=O)CC/C=C\C/C=C\C/C=C\C/C=C\CC)OC(=O)C/C=C\C/C=C\C/C=C\C/C=C\C/C=C\CC. The van der Waals surface area contributed by atoms with Gasteiger partial charge in [0, 0.05) is 12.8 Å². The van der Waals surface area contributed by atoms with Crippen LogP contribution in [0.4, 0.5) is 0 Å². The van der Waals surface area contributed by atoms with Crippen LogP contribution in [0.3, 0.4) is 0 Å². The lowest BCUT2D eigenvalue weighted by atomic mass is 10.1. The van der Waals surface area contributed by atoms with E-state index < -0.39 is 64.4 Å². The second-order valence-electron chi connectivity index (χ2n) is 16.9. The van der Waals surface area contributed by atoms with Gasteiger partial charge >= 0.3 is 25.7 Å². The predicted molar refractivity (Wildman–Crippen MR) is 306 cm³/mol. The Bertz CT molecular complexity index is 1890. The molecule has 0 radical (unpaired) electrons. The van der Waals surface area contributed by atoms with Gasteiger partial charge in [-0.05, 0) is 116 Å².